The Balaban J connectivity index is 2.07. The van der Waals surface area contributed by atoms with Crippen LogP contribution in [0.15, 0.2) is 6.07 Å². The van der Waals surface area contributed by atoms with Crippen molar-refractivity contribution in [2.45, 2.75) is 0 Å². The molecule has 1 aromatic rings. The van der Waals surface area contributed by atoms with Gasteiger partial charge in [-0.3, -0.25) is 0 Å². The molecule has 0 saturated heterocycles. The first kappa shape index (κ1) is 13.8. The molecule has 2 N–H and O–H groups in total. The minimum absolute atomic E-state index is 0.124. The number of rotatable bonds is 4. The summed E-state index contributed by atoms with van der Waals surface area (Å²) in [6.45, 7) is 1.48. The van der Waals surface area contributed by atoms with Gasteiger partial charge >= 0.3 is 0 Å². The SMILES string of the molecule is COCCOCC#Cc1cc(Cl)c(N)c2c1OCO2. The highest BCUT2D eigenvalue weighted by Gasteiger charge is 2.22. The molecule has 0 aromatic heterocycles. The first-order valence-corrected chi connectivity index (χ1v) is 6.05. The molecular weight excluding hydrogens is 270 g/mol. The zero-order valence-corrected chi connectivity index (χ0v) is 11.3. The summed E-state index contributed by atoms with van der Waals surface area (Å²) in [5.74, 6) is 6.79. The number of ether oxygens (including phenoxy) is 4. The van der Waals surface area contributed by atoms with Crippen LogP contribution in [0, 0.1) is 11.8 Å². The van der Waals surface area contributed by atoms with E-state index < -0.39 is 0 Å². The monoisotopic (exact) mass is 283 g/mol. The van der Waals surface area contributed by atoms with Gasteiger partial charge in [-0.2, -0.15) is 0 Å². The number of hydrogen-bond donors (Lipinski definition) is 1. The number of anilines is 1. The Morgan fingerprint density at radius 3 is 2.95 bits per heavy atom. The van der Waals surface area contributed by atoms with Crippen LogP contribution < -0.4 is 15.2 Å². The standard InChI is InChI=1S/C13H14ClNO4/c1-16-5-6-17-4-2-3-9-7-10(14)11(15)13-12(9)18-8-19-13/h7H,4-6,8,15H2,1H3. The first-order valence-electron chi connectivity index (χ1n) is 5.67. The lowest BCUT2D eigenvalue weighted by Gasteiger charge is -2.04. The predicted octanol–water partition coefficient (Wildman–Crippen LogP) is 1.67. The molecule has 19 heavy (non-hydrogen) atoms. The zero-order chi connectivity index (χ0) is 13.7. The number of nitrogens with two attached hydrogens (primary N) is 1. The van der Waals surface area contributed by atoms with Crippen LogP contribution >= 0.6 is 11.6 Å². The average Bonchev–Trinajstić information content (AvgIpc) is 2.89. The number of methoxy groups -OCH3 is 1. The van der Waals surface area contributed by atoms with Gasteiger partial charge in [0.05, 0.1) is 29.5 Å². The van der Waals surface area contributed by atoms with E-state index in [4.69, 9.17) is 36.3 Å². The Morgan fingerprint density at radius 2 is 2.16 bits per heavy atom. The van der Waals surface area contributed by atoms with Gasteiger partial charge in [-0.05, 0) is 6.07 Å². The van der Waals surface area contributed by atoms with E-state index in [0.29, 0.717) is 47.6 Å². The molecular formula is C13H14ClNO4. The normalized spacial score (nSPS) is 12.1. The molecule has 0 radical (unpaired) electrons. The Hall–Kier alpha value is -1.61. The third-order valence-corrected chi connectivity index (χ3v) is 2.77. The summed E-state index contributed by atoms with van der Waals surface area (Å²) in [7, 11) is 1.62. The van der Waals surface area contributed by atoms with Crippen molar-refractivity contribution in [2.75, 3.05) is 39.5 Å². The minimum atomic E-state index is 0.124. The molecule has 0 aliphatic carbocycles. The summed E-state index contributed by atoms with van der Waals surface area (Å²) < 4.78 is 20.7. The van der Waals surface area contributed by atoms with Crippen molar-refractivity contribution in [1.29, 1.82) is 0 Å². The van der Waals surface area contributed by atoms with Gasteiger partial charge in [-0.25, -0.2) is 0 Å². The quantitative estimate of drug-likeness (QED) is 0.517. The highest BCUT2D eigenvalue weighted by atomic mass is 35.5. The molecule has 2 rings (SSSR count). The van der Waals surface area contributed by atoms with Gasteiger partial charge in [-0.15, -0.1) is 0 Å². The van der Waals surface area contributed by atoms with E-state index in [2.05, 4.69) is 11.8 Å². The molecule has 0 saturated carbocycles. The number of halogens is 1. The molecule has 0 spiro atoms. The van der Waals surface area contributed by atoms with Crippen molar-refractivity contribution < 1.29 is 18.9 Å². The fourth-order valence-corrected chi connectivity index (χ4v) is 1.74. The van der Waals surface area contributed by atoms with Gasteiger partial charge in [0.25, 0.3) is 0 Å². The lowest BCUT2D eigenvalue weighted by Crippen LogP contribution is -2.01. The summed E-state index contributed by atoms with van der Waals surface area (Å²) >= 11 is 6.00. The van der Waals surface area contributed by atoms with Crippen LogP contribution in [-0.2, 0) is 9.47 Å². The number of hydrogen-bond acceptors (Lipinski definition) is 5. The number of benzene rings is 1. The van der Waals surface area contributed by atoms with E-state index in [9.17, 15) is 0 Å². The molecule has 1 aliphatic rings. The van der Waals surface area contributed by atoms with Gasteiger partial charge in [-0.1, -0.05) is 23.4 Å². The molecule has 0 fully saturated rings. The van der Waals surface area contributed by atoms with E-state index in [-0.39, 0.29) is 6.79 Å². The fourth-order valence-electron chi connectivity index (χ4n) is 1.55. The minimum Gasteiger partial charge on any atom is -0.452 e. The van der Waals surface area contributed by atoms with Crippen molar-refractivity contribution in [1.82, 2.24) is 0 Å². The predicted molar refractivity (Wildman–Crippen MR) is 71.6 cm³/mol. The van der Waals surface area contributed by atoms with Gasteiger partial charge in [0.15, 0.2) is 11.5 Å². The smallest absolute Gasteiger partial charge is 0.231 e. The van der Waals surface area contributed by atoms with Gasteiger partial charge in [0.1, 0.15) is 6.61 Å². The van der Waals surface area contributed by atoms with Crippen molar-refractivity contribution in [3.8, 4) is 23.3 Å². The molecule has 1 heterocycles. The van der Waals surface area contributed by atoms with Crippen LogP contribution in [0.5, 0.6) is 11.5 Å². The Labute approximate surface area is 116 Å². The van der Waals surface area contributed by atoms with Crippen LogP contribution in [0.2, 0.25) is 5.02 Å². The van der Waals surface area contributed by atoms with Crippen molar-refractivity contribution in [3.05, 3.63) is 16.7 Å². The van der Waals surface area contributed by atoms with Crippen LogP contribution in [-0.4, -0.2) is 33.7 Å². The average molecular weight is 284 g/mol. The third kappa shape index (κ3) is 3.24. The summed E-state index contributed by atoms with van der Waals surface area (Å²) in [4.78, 5) is 0. The van der Waals surface area contributed by atoms with E-state index in [1.54, 1.807) is 13.2 Å². The Bertz CT molecular complexity index is 522. The van der Waals surface area contributed by atoms with E-state index >= 15 is 0 Å². The highest BCUT2D eigenvalue weighted by Crippen LogP contribution is 2.44. The number of nitrogen functional groups attached to an aromatic ring is 1. The summed E-state index contributed by atoms with van der Waals surface area (Å²) in [6.07, 6.45) is 0. The van der Waals surface area contributed by atoms with E-state index in [1.165, 1.54) is 0 Å². The molecule has 5 nitrogen and oxygen atoms in total. The van der Waals surface area contributed by atoms with E-state index in [1.807, 2.05) is 0 Å². The largest absolute Gasteiger partial charge is 0.452 e. The van der Waals surface area contributed by atoms with Crippen LogP contribution in [0.4, 0.5) is 5.69 Å². The maximum atomic E-state index is 6.00. The summed E-state index contributed by atoms with van der Waals surface area (Å²) in [5.41, 5.74) is 6.80. The zero-order valence-electron chi connectivity index (χ0n) is 10.5. The maximum absolute atomic E-state index is 6.00. The molecule has 1 aromatic carbocycles. The van der Waals surface area contributed by atoms with Gasteiger partial charge in [0.2, 0.25) is 6.79 Å². The maximum Gasteiger partial charge on any atom is 0.231 e. The lowest BCUT2D eigenvalue weighted by atomic mass is 10.1. The Morgan fingerprint density at radius 1 is 1.37 bits per heavy atom. The fraction of sp³-hybridized carbons (Fsp3) is 0.385. The molecule has 0 bridgehead atoms. The lowest BCUT2D eigenvalue weighted by molar-refractivity contribution is 0.0877. The van der Waals surface area contributed by atoms with Gasteiger partial charge in [0, 0.05) is 7.11 Å². The molecule has 1 aliphatic heterocycles. The van der Waals surface area contributed by atoms with Crippen molar-refractivity contribution >= 4 is 17.3 Å². The summed E-state index contributed by atoms with van der Waals surface area (Å²) in [6, 6.07) is 1.66. The molecule has 6 heteroatoms. The molecule has 0 atom stereocenters. The third-order valence-electron chi connectivity index (χ3n) is 2.46. The second kappa shape index (κ2) is 6.53. The van der Waals surface area contributed by atoms with Crippen LogP contribution in [0.25, 0.3) is 0 Å². The van der Waals surface area contributed by atoms with E-state index in [0.717, 1.165) is 0 Å². The molecule has 102 valence electrons. The number of fused-ring (bicyclic) bond motifs is 1. The van der Waals surface area contributed by atoms with Crippen LogP contribution in [0.3, 0.4) is 0 Å². The van der Waals surface area contributed by atoms with Gasteiger partial charge < -0.3 is 24.7 Å². The first-order chi connectivity index (χ1) is 9.24. The highest BCUT2D eigenvalue weighted by molar-refractivity contribution is 6.33. The molecule has 0 amide bonds. The second-order valence-corrected chi connectivity index (χ2v) is 4.14. The topological polar surface area (TPSA) is 62.9 Å². The molecule has 0 unspecified atom stereocenters. The second-order valence-electron chi connectivity index (χ2n) is 3.73. The van der Waals surface area contributed by atoms with Crippen LogP contribution in [0.1, 0.15) is 5.56 Å². The van der Waals surface area contributed by atoms with Crippen molar-refractivity contribution in [3.63, 3.8) is 0 Å². The van der Waals surface area contributed by atoms with Crippen molar-refractivity contribution in [2.24, 2.45) is 0 Å². The summed E-state index contributed by atoms with van der Waals surface area (Å²) in [5, 5.41) is 0.397. The Kier molecular flexibility index (Phi) is 4.74.